The molecule has 25 heavy (non-hydrogen) atoms. The maximum absolute atomic E-state index is 6.23. The first-order chi connectivity index (χ1) is 12.0. The topological polar surface area (TPSA) is 60.4 Å². The number of hydrogen-bond acceptors (Lipinski definition) is 6. The SMILES string of the molecule is COc1ccc2c(c1)OC(C)(C)CN(c1ncc3cccnc3n1)C2. The van der Waals surface area contributed by atoms with E-state index in [1.807, 2.05) is 36.5 Å². The van der Waals surface area contributed by atoms with Gasteiger partial charge in [-0.05, 0) is 38.1 Å². The summed E-state index contributed by atoms with van der Waals surface area (Å²) in [6, 6.07) is 9.76. The van der Waals surface area contributed by atoms with Gasteiger partial charge in [0, 0.05) is 36.0 Å². The number of ether oxygens (including phenoxy) is 2. The van der Waals surface area contributed by atoms with Gasteiger partial charge in [-0.3, -0.25) is 0 Å². The van der Waals surface area contributed by atoms with Gasteiger partial charge in [-0.15, -0.1) is 0 Å². The lowest BCUT2D eigenvalue weighted by Crippen LogP contribution is -2.41. The van der Waals surface area contributed by atoms with Gasteiger partial charge in [0.05, 0.1) is 13.7 Å². The number of rotatable bonds is 2. The molecule has 4 rings (SSSR count). The van der Waals surface area contributed by atoms with E-state index in [9.17, 15) is 0 Å². The van der Waals surface area contributed by atoms with Gasteiger partial charge in [-0.2, -0.15) is 4.98 Å². The van der Waals surface area contributed by atoms with E-state index in [0.29, 0.717) is 24.7 Å². The number of pyridine rings is 1. The van der Waals surface area contributed by atoms with Crippen molar-refractivity contribution in [3.05, 3.63) is 48.3 Å². The molecule has 0 spiro atoms. The molecule has 1 aliphatic heterocycles. The molecule has 0 N–H and O–H groups in total. The van der Waals surface area contributed by atoms with Gasteiger partial charge in [0.2, 0.25) is 5.95 Å². The summed E-state index contributed by atoms with van der Waals surface area (Å²) in [6.45, 7) is 5.46. The van der Waals surface area contributed by atoms with Crippen LogP contribution < -0.4 is 14.4 Å². The molecule has 0 saturated carbocycles. The van der Waals surface area contributed by atoms with Crippen LogP contribution in [0.2, 0.25) is 0 Å². The van der Waals surface area contributed by atoms with Crippen LogP contribution in [0.1, 0.15) is 19.4 Å². The Morgan fingerprint density at radius 3 is 2.92 bits per heavy atom. The van der Waals surface area contributed by atoms with Gasteiger partial charge < -0.3 is 14.4 Å². The highest BCUT2D eigenvalue weighted by atomic mass is 16.5. The standard InChI is InChI=1S/C19H20N4O2/c1-19(2)12-23(11-14-6-7-15(24-3)9-16(14)25-19)18-21-10-13-5-4-8-20-17(13)22-18/h4-10H,11-12H2,1-3H3. The Morgan fingerprint density at radius 2 is 2.08 bits per heavy atom. The molecule has 6 heteroatoms. The van der Waals surface area contributed by atoms with Crippen LogP contribution in [0.3, 0.4) is 0 Å². The molecule has 6 nitrogen and oxygen atoms in total. The molecule has 0 amide bonds. The van der Waals surface area contributed by atoms with Crippen molar-refractivity contribution in [2.45, 2.75) is 26.0 Å². The normalized spacial score (nSPS) is 16.0. The zero-order valence-electron chi connectivity index (χ0n) is 14.6. The molecule has 1 aliphatic rings. The Hall–Kier alpha value is -2.89. The van der Waals surface area contributed by atoms with Crippen LogP contribution in [0.15, 0.2) is 42.7 Å². The molecule has 3 aromatic rings. The highest BCUT2D eigenvalue weighted by Gasteiger charge is 2.30. The molecular weight excluding hydrogens is 316 g/mol. The maximum Gasteiger partial charge on any atom is 0.227 e. The van der Waals surface area contributed by atoms with Gasteiger partial charge in [0.25, 0.3) is 0 Å². The Bertz CT molecular complexity index is 926. The third-order valence-corrected chi connectivity index (χ3v) is 4.22. The van der Waals surface area contributed by atoms with Crippen LogP contribution in [0.25, 0.3) is 11.0 Å². The molecule has 0 bridgehead atoms. The van der Waals surface area contributed by atoms with Crippen molar-refractivity contribution < 1.29 is 9.47 Å². The fourth-order valence-corrected chi connectivity index (χ4v) is 3.09. The summed E-state index contributed by atoms with van der Waals surface area (Å²) in [5.41, 5.74) is 1.39. The second-order valence-electron chi connectivity index (χ2n) is 6.78. The summed E-state index contributed by atoms with van der Waals surface area (Å²) >= 11 is 0. The lowest BCUT2D eigenvalue weighted by atomic mass is 10.1. The fourth-order valence-electron chi connectivity index (χ4n) is 3.09. The van der Waals surface area contributed by atoms with E-state index < -0.39 is 0 Å². The summed E-state index contributed by atoms with van der Waals surface area (Å²) in [4.78, 5) is 15.6. The Morgan fingerprint density at radius 1 is 1.20 bits per heavy atom. The van der Waals surface area contributed by atoms with E-state index in [1.54, 1.807) is 13.3 Å². The van der Waals surface area contributed by atoms with Crippen molar-refractivity contribution in [1.82, 2.24) is 15.0 Å². The van der Waals surface area contributed by atoms with Gasteiger partial charge in [-0.25, -0.2) is 9.97 Å². The maximum atomic E-state index is 6.23. The highest BCUT2D eigenvalue weighted by Crippen LogP contribution is 2.33. The Balaban J connectivity index is 1.75. The lowest BCUT2D eigenvalue weighted by Gasteiger charge is -2.29. The predicted octanol–water partition coefficient (Wildman–Crippen LogP) is 3.21. The first-order valence-corrected chi connectivity index (χ1v) is 8.23. The van der Waals surface area contributed by atoms with Crippen molar-refractivity contribution >= 4 is 17.0 Å². The fraction of sp³-hybridized carbons (Fsp3) is 0.316. The minimum atomic E-state index is -0.389. The first-order valence-electron chi connectivity index (χ1n) is 8.23. The molecule has 128 valence electrons. The van der Waals surface area contributed by atoms with Crippen molar-refractivity contribution in [2.75, 3.05) is 18.6 Å². The Labute approximate surface area is 146 Å². The van der Waals surface area contributed by atoms with E-state index in [1.165, 1.54) is 0 Å². The monoisotopic (exact) mass is 336 g/mol. The molecule has 0 saturated heterocycles. The molecule has 0 unspecified atom stereocenters. The van der Waals surface area contributed by atoms with Crippen LogP contribution in [0.5, 0.6) is 11.5 Å². The number of fused-ring (bicyclic) bond motifs is 2. The number of hydrogen-bond donors (Lipinski definition) is 0. The van der Waals surface area contributed by atoms with Crippen molar-refractivity contribution in [3.8, 4) is 11.5 Å². The van der Waals surface area contributed by atoms with E-state index in [4.69, 9.17) is 9.47 Å². The average molecular weight is 336 g/mol. The summed E-state index contributed by atoms with van der Waals surface area (Å²) in [6.07, 6.45) is 3.56. The van der Waals surface area contributed by atoms with E-state index in [-0.39, 0.29) is 5.60 Å². The van der Waals surface area contributed by atoms with Crippen molar-refractivity contribution in [3.63, 3.8) is 0 Å². The number of nitrogens with zero attached hydrogens (tertiary/aromatic N) is 4. The van der Waals surface area contributed by atoms with Crippen LogP contribution in [0.4, 0.5) is 5.95 Å². The molecule has 1 aromatic carbocycles. The summed E-state index contributed by atoms with van der Waals surface area (Å²) in [5, 5.41) is 0.932. The van der Waals surface area contributed by atoms with E-state index in [0.717, 1.165) is 22.4 Å². The number of aromatic nitrogens is 3. The molecule has 3 heterocycles. The summed E-state index contributed by atoms with van der Waals surface area (Å²) in [7, 11) is 1.66. The number of anilines is 1. The van der Waals surface area contributed by atoms with Crippen LogP contribution in [-0.4, -0.2) is 34.2 Å². The smallest absolute Gasteiger partial charge is 0.227 e. The molecular formula is C19H20N4O2. The van der Waals surface area contributed by atoms with Crippen LogP contribution >= 0.6 is 0 Å². The summed E-state index contributed by atoms with van der Waals surface area (Å²) in [5.74, 6) is 2.28. The quantitative estimate of drug-likeness (QED) is 0.716. The van der Waals surface area contributed by atoms with E-state index in [2.05, 4.69) is 33.7 Å². The van der Waals surface area contributed by atoms with Crippen molar-refractivity contribution in [2.24, 2.45) is 0 Å². The minimum Gasteiger partial charge on any atom is -0.497 e. The number of benzene rings is 1. The molecule has 2 aromatic heterocycles. The minimum absolute atomic E-state index is 0.389. The molecule has 0 atom stereocenters. The summed E-state index contributed by atoms with van der Waals surface area (Å²) < 4.78 is 11.6. The van der Waals surface area contributed by atoms with Gasteiger partial charge in [-0.1, -0.05) is 0 Å². The van der Waals surface area contributed by atoms with Crippen LogP contribution in [-0.2, 0) is 6.54 Å². The zero-order chi connectivity index (χ0) is 17.4. The number of methoxy groups -OCH3 is 1. The molecule has 0 fully saturated rings. The first kappa shape index (κ1) is 15.6. The Kier molecular flexibility index (Phi) is 3.67. The zero-order valence-corrected chi connectivity index (χ0v) is 14.6. The molecule has 0 aliphatic carbocycles. The van der Waals surface area contributed by atoms with Gasteiger partial charge in [0.1, 0.15) is 17.1 Å². The molecule has 0 radical (unpaired) electrons. The third-order valence-electron chi connectivity index (χ3n) is 4.22. The second kappa shape index (κ2) is 5.88. The van der Waals surface area contributed by atoms with Gasteiger partial charge >= 0.3 is 0 Å². The lowest BCUT2D eigenvalue weighted by molar-refractivity contribution is 0.120. The second-order valence-corrected chi connectivity index (χ2v) is 6.78. The highest BCUT2D eigenvalue weighted by molar-refractivity contribution is 5.74. The third kappa shape index (κ3) is 3.07. The van der Waals surface area contributed by atoms with Crippen molar-refractivity contribution in [1.29, 1.82) is 0 Å². The predicted molar refractivity (Wildman–Crippen MR) is 96.1 cm³/mol. The van der Waals surface area contributed by atoms with E-state index >= 15 is 0 Å². The largest absolute Gasteiger partial charge is 0.497 e. The van der Waals surface area contributed by atoms with Crippen LogP contribution in [0, 0.1) is 0 Å². The average Bonchev–Trinajstić information content (AvgIpc) is 2.75. The van der Waals surface area contributed by atoms with Gasteiger partial charge in [0.15, 0.2) is 5.65 Å².